The lowest BCUT2D eigenvalue weighted by Crippen LogP contribution is -2.39. The van der Waals surface area contributed by atoms with Gasteiger partial charge in [0.05, 0.1) is 0 Å². The minimum absolute atomic E-state index is 0.127. The maximum Gasteiger partial charge on any atom is 0.341 e. The summed E-state index contributed by atoms with van der Waals surface area (Å²) >= 11 is 0. The molecule has 0 radical (unpaired) electrons. The Balaban J connectivity index is 2.36. The highest BCUT2D eigenvalue weighted by Gasteiger charge is 2.40. The van der Waals surface area contributed by atoms with Gasteiger partial charge in [-0.3, -0.25) is 0 Å². The van der Waals surface area contributed by atoms with Gasteiger partial charge in [0.1, 0.15) is 18.8 Å². The molecule has 5 nitrogen and oxygen atoms in total. The molecule has 0 saturated carbocycles. The van der Waals surface area contributed by atoms with E-state index in [0.29, 0.717) is 24.7 Å². The van der Waals surface area contributed by atoms with Crippen molar-refractivity contribution >= 4 is 5.97 Å². The molecule has 1 aliphatic rings. The van der Waals surface area contributed by atoms with Crippen LogP contribution in [0.15, 0.2) is 18.2 Å². The van der Waals surface area contributed by atoms with Gasteiger partial charge in [-0.2, -0.15) is 0 Å². The molecule has 98 valence electrons. The van der Waals surface area contributed by atoms with E-state index in [-0.39, 0.29) is 5.56 Å². The summed E-state index contributed by atoms with van der Waals surface area (Å²) in [5.74, 6) is -0.849. The minimum Gasteiger partial charge on any atom is -0.486 e. The van der Waals surface area contributed by atoms with Crippen molar-refractivity contribution in [3.8, 4) is 11.5 Å². The van der Waals surface area contributed by atoms with Crippen LogP contribution in [0.25, 0.3) is 0 Å². The van der Waals surface area contributed by atoms with Crippen molar-refractivity contribution in [2.45, 2.75) is 18.7 Å². The van der Waals surface area contributed by atoms with E-state index in [9.17, 15) is 14.3 Å². The molecule has 18 heavy (non-hydrogen) atoms. The lowest BCUT2D eigenvalue weighted by atomic mass is 9.90. The van der Waals surface area contributed by atoms with Gasteiger partial charge in [0.15, 0.2) is 11.5 Å². The number of aliphatic carboxylic acids is 1. The van der Waals surface area contributed by atoms with Gasteiger partial charge in [0.2, 0.25) is 6.17 Å². The molecule has 0 saturated heterocycles. The topological polar surface area (TPSA) is 76.0 Å². The summed E-state index contributed by atoms with van der Waals surface area (Å²) in [7, 11) is 0. The first-order valence-electron chi connectivity index (χ1n) is 5.42. The molecule has 0 amide bonds. The molecule has 2 unspecified atom stereocenters. The molecule has 1 aromatic carbocycles. The van der Waals surface area contributed by atoms with Crippen molar-refractivity contribution in [3.05, 3.63) is 23.8 Å². The highest BCUT2D eigenvalue weighted by molar-refractivity contribution is 5.74. The number of aliphatic hydroxyl groups is 1. The number of carboxylic acid groups (broad SMARTS) is 1. The van der Waals surface area contributed by atoms with Crippen molar-refractivity contribution in [2.24, 2.45) is 0 Å². The third-order valence-corrected chi connectivity index (χ3v) is 2.84. The van der Waals surface area contributed by atoms with Crippen LogP contribution in [0.1, 0.15) is 12.5 Å². The number of halogens is 1. The first kappa shape index (κ1) is 12.6. The third-order valence-electron chi connectivity index (χ3n) is 2.84. The molecular formula is C12H13FO5. The SMILES string of the molecule is CC(O)(c1ccc2c(c1)OCCO2)C(F)C(=O)O. The van der Waals surface area contributed by atoms with Crippen LogP contribution in [0.2, 0.25) is 0 Å². The number of fused-ring (bicyclic) bond motifs is 1. The van der Waals surface area contributed by atoms with E-state index in [2.05, 4.69) is 0 Å². The summed E-state index contributed by atoms with van der Waals surface area (Å²) in [5, 5.41) is 18.6. The fraction of sp³-hybridized carbons (Fsp3) is 0.417. The molecule has 2 rings (SSSR count). The molecule has 0 spiro atoms. The number of hydrogen-bond acceptors (Lipinski definition) is 4. The second-order valence-corrected chi connectivity index (χ2v) is 4.21. The average Bonchev–Trinajstić information content (AvgIpc) is 2.37. The van der Waals surface area contributed by atoms with Gasteiger partial charge >= 0.3 is 5.97 Å². The number of hydrogen-bond donors (Lipinski definition) is 2. The highest BCUT2D eigenvalue weighted by Crippen LogP contribution is 2.36. The predicted molar refractivity (Wildman–Crippen MR) is 59.5 cm³/mol. The van der Waals surface area contributed by atoms with Crippen LogP contribution in [-0.2, 0) is 10.4 Å². The van der Waals surface area contributed by atoms with Crippen LogP contribution in [0.4, 0.5) is 4.39 Å². The van der Waals surface area contributed by atoms with Crippen molar-refractivity contribution in [2.75, 3.05) is 13.2 Å². The van der Waals surface area contributed by atoms with Gasteiger partial charge in [-0.15, -0.1) is 0 Å². The number of rotatable bonds is 3. The van der Waals surface area contributed by atoms with E-state index in [1.807, 2.05) is 0 Å². The quantitative estimate of drug-likeness (QED) is 0.846. The van der Waals surface area contributed by atoms with E-state index in [0.717, 1.165) is 6.92 Å². The van der Waals surface area contributed by atoms with Crippen molar-refractivity contribution < 1.29 is 28.9 Å². The summed E-state index contributed by atoms with van der Waals surface area (Å²) < 4.78 is 24.1. The second kappa shape index (κ2) is 4.45. The van der Waals surface area contributed by atoms with Gasteiger partial charge in [-0.1, -0.05) is 6.07 Å². The van der Waals surface area contributed by atoms with Crippen molar-refractivity contribution in [3.63, 3.8) is 0 Å². The molecule has 1 heterocycles. The molecule has 0 bridgehead atoms. The zero-order chi connectivity index (χ0) is 13.3. The minimum atomic E-state index is -2.42. The molecule has 1 aromatic rings. The maximum absolute atomic E-state index is 13.5. The van der Waals surface area contributed by atoms with Gasteiger partial charge in [-0.05, 0) is 24.6 Å². The normalized spacial score (nSPS) is 18.8. The van der Waals surface area contributed by atoms with E-state index < -0.39 is 17.7 Å². The smallest absolute Gasteiger partial charge is 0.341 e. The Morgan fingerprint density at radius 3 is 2.61 bits per heavy atom. The first-order chi connectivity index (χ1) is 8.43. The van der Waals surface area contributed by atoms with Gasteiger partial charge in [0.25, 0.3) is 0 Å². The van der Waals surface area contributed by atoms with Crippen LogP contribution < -0.4 is 9.47 Å². The van der Waals surface area contributed by atoms with Crippen LogP contribution in [0.5, 0.6) is 11.5 Å². The molecule has 1 aliphatic heterocycles. The van der Waals surface area contributed by atoms with Gasteiger partial charge in [0, 0.05) is 0 Å². The monoisotopic (exact) mass is 256 g/mol. The summed E-state index contributed by atoms with van der Waals surface area (Å²) in [4.78, 5) is 10.6. The molecule has 2 atom stereocenters. The first-order valence-corrected chi connectivity index (χ1v) is 5.42. The summed E-state index contributed by atoms with van der Waals surface area (Å²) in [6.07, 6.45) is -2.42. The molecule has 0 fully saturated rings. The zero-order valence-electron chi connectivity index (χ0n) is 9.72. The maximum atomic E-state index is 13.5. The van der Waals surface area contributed by atoms with Crippen molar-refractivity contribution in [1.29, 1.82) is 0 Å². The summed E-state index contributed by atoms with van der Waals surface area (Å²) in [5.41, 5.74) is -2.00. The fourth-order valence-corrected chi connectivity index (χ4v) is 1.74. The van der Waals surface area contributed by atoms with Crippen LogP contribution in [0, 0.1) is 0 Å². The molecule has 2 N–H and O–H groups in total. The third kappa shape index (κ3) is 2.11. The van der Waals surface area contributed by atoms with Crippen LogP contribution in [-0.4, -0.2) is 35.6 Å². The number of carbonyl (C=O) groups is 1. The van der Waals surface area contributed by atoms with Gasteiger partial charge in [-0.25, -0.2) is 9.18 Å². The summed E-state index contributed by atoms with van der Waals surface area (Å²) in [6, 6.07) is 4.33. The van der Waals surface area contributed by atoms with E-state index >= 15 is 0 Å². The Morgan fingerprint density at radius 2 is 2.00 bits per heavy atom. The molecule has 0 aromatic heterocycles. The largest absolute Gasteiger partial charge is 0.486 e. The lowest BCUT2D eigenvalue weighted by Gasteiger charge is -2.27. The Hall–Kier alpha value is -1.82. The molecular weight excluding hydrogens is 243 g/mol. The zero-order valence-corrected chi connectivity index (χ0v) is 9.72. The number of ether oxygens (including phenoxy) is 2. The van der Waals surface area contributed by atoms with Gasteiger partial charge < -0.3 is 19.7 Å². The Morgan fingerprint density at radius 1 is 1.39 bits per heavy atom. The number of carboxylic acids is 1. The van der Waals surface area contributed by atoms with E-state index in [1.165, 1.54) is 18.2 Å². The Labute approximate surface area is 103 Å². The second-order valence-electron chi connectivity index (χ2n) is 4.21. The number of alkyl halides is 1. The predicted octanol–water partition coefficient (Wildman–Crippen LogP) is 1.09. The lowest BCUT2D eigenvalue weighted by molar-refractivity contribution is -0.153. The van der Waals surface area contributed by atoms with E-state index in [4.69, 9.17) is 14.6 Å². The van der Waals surface area contributed by atoms with Crippen LogP contribution in [0.3, 0.4) is 0 Å². The molecule has 6 heteroatoms. The van der Waals surface area contributed by atoms with Crippen LogP contribution >= 0.6 is 0 Å². The average molecular weight is 256 g/mol. The highest BCUT2D eigenvalue weighted by atomic mass is 19.1. The number of benzene rings is 1. The van der Waals surface area contributed by atoms with E-state index in [1.54, 1.807) is 0 Å². The fourth-order valence-electron chi connectivity index (χ4n) is 1.74. The van der Waals surface area contributed by atoms with Crippen molar-refractivity contribution in [1.82, 2.24) is 0 Å². The Bertz CT molecular complexity index is 472. The summed E-state index contributed by atoms with van der Waals surface area (Å²) in [6.45, 7) is 1.89. The molecule has 0 aliphatic carbocycles. The standard InChI is InChI=1S/C12H13FO5/c1-12(16,10(13)11(14)15)7-2-3-8-9(6-7)18-5-4-17-8/h2-3,6,10,16H,4-5H2,1H3,(H,14,15). The Kier molecular flexibility index (Phi) is 3.13.